The lowest BCUT2D eigenvalue weighted by Gasteiger charge is -2.12. The Balaban J connectivity index is 1.60. The maximum Gasteiger partial charge on any atom is 0.224 e. The van der Waals surface area contributed by atoms with E-state index in [4.69, 9.17) is 0 Å². The number of para-hydroxylation sites is 2. The van der Waals surface area contributed by atoms with E-state index in [0.717, 1.165) is 23.1 Å². The fourth-order valence-electron chi connectivity index (χ4n) is 2.86. The predicted molar refractivity (Wildman–Crippen MR) is 100 cm³/mol. The van der Waals surface area contributed by atoms with Gasteiger partial charge in [-0.1, -0.05) is 43.3 Å². The van der Waals surface area contributed by atoms with E-state index in [9.17, 15) is 4.79 Å². The van der Waals surface area contributed by atoms with Gasteiger partial charge in [-0.2, -0.15) is 0 Å². The van der Waals surface area contributed by atoms with Gasteiger partial charge in [0.15, 0.2) is 0 Å². The molecule has 5 nitrogen and oxygen atoms in total. The lowest BCUT2D eigenvalue weighted by Crippen LogP contribution is -2.33. The average Bonchev–Trinajstić information content (AvgIpc) is 3.04. The smallest absolute Gasteiger partial charge is 0.224 e. The van der Waals surface area contributed by atoms with Gasteiger partial charge in [-0.05, 0) is 30.3 Å². The molecular formula is C20H24N4O. The van der Waals surface area contributed by atoms with Crippen LogP contribution in [0.1, 0.15) is 18.1 Å². The summed E-state index contributed by atoms with van der Waals surface area (Å²) < 4.78 is 2.14. The molecule has 1 heterocycles. The number of hydrogen-bond donors (Lipinski definition) is 2. The maximum atomic E-state index is 11.9. The van der Waals surface area contributed by atoms with E-state index < -0.39 is 0 Å². The number of hydrogen-bond acceptors (Lipinski definition) is 3. The summed E-state index contributed by atoms with van der Waals surface area (Å²) in [5, 5.41) is 6.00. The number of aromatic nitrogens is 2. The van der Waals surface area contributed by atoms with E-state index in [1.54, 1.807) is 0 Å². The first kappa shape index (κ1) is 17.2. The number of rotatable bonds is 7. The second-order valence-corrected chi connectivity index (χ2v) is 6.35. The zero-order valence-electron chi connectivity index (χ0n) is 14.7. The van der Waals surface area contributed by atoms with Crippen LogP contribution < -0.4 is 10.6 Å². The number of nitrogens with zero attached hydrogens (tertiary/aromatic N) is 2. The summed E-state index contributed by atoms with van der Waals surface area (Å²) in [6.45, 7) is 3.95. The molecule has 0 aliphatic rings. The standard InChI is InChI=1S/C20H24N4O/c1-15(11-21-2)20(25)22-12-16-7-9-17(10-8-16)13-24-14-23-18-5-3-4-6-19(18)24/h3-10,14-15,21H,11-13H2,1-2H3,(H,22,25). The number of benzene rings is 2. The molecule has 2 aromatic carbocycles. The van der Waals surface area contributed by atoms with E-state index in [1.165, 1.54) is 5.56 Å². The van der Waals surface area contributed by atoms with Crippen molar-refractivity contribution in [1.82, 2.24) is 20.2 Å². The van der Waals surface area contributed by atoms with Crippen LogP contribution in [0.2, 0.25) is 0 Å². The Labute approximate surface area is 148 Å². The topological polar surface area (TPSA) is 59.0 Å². The normalized spacial score (nSPS) is 12.2. The van der Waals surface area contributed by atoms with Crippen molar-refractivity contribution < 1.29 is 4.79 Å². The van der Waals surface area contributed by atoms with E-state index in [1.807, 2.05) is 38.5 Å². The highest BCUT2D eigenvalue weighted by molar-refractivity contribution is 5.78. The lowest BCUT2D eigenvalue weighted by atomic mass is 10.1. The number of amides is 1. The van der Waals surface area contributed by atoms with E-state index in [0.29, 0.717) is 13.1 Å². The molecule has 1 aromatic heterocycles. The van der Waals surface area contributed by atoms with Crippen LogP contribution in [0.15, 0.2) is 54.9 Å². The minimum atomic E-state index is -0.0289. The van der Waals surface area contributed by atoms with Gasteiger partial charge in [-0.25, -0.2) is 4.98 Å². The summed E-state index contributed by atoms with van der Waals surface area (Å²) in [5.74, 6) is 0.0436. The van der Waals surface area contributed by atoms with Crippen LogP contribution in [0.25, 0.3) is 11.0 Å². The number of fused-ring (bicyclic) bond motifs is 1. The predicted octanol–water partition coefficient (Wildman–Crippen LogP) is 2.56. The molecule has 0 saturated carbocycles. The minimum absolute atomic E-state index is 0.0289. The molecule has 0 aliphatic carbocycles. The molecule has 1 atom stereocenters. The maximum absolute atomic E-state index is 11.9. The third-order valence-electron chi connectivity index (χ3n) is 4.33. The van der Waals surface area contributed by atoms with Gasteiger partial charge in [0.05, 0.1) is 17.4 Å². The Hall–Kier alpha value is -2.66. The number of nitrogens with one attached hydrogen (secondary N) is 2. The molecule has 1 amide bonds. The molecule has 25 heavy (non-hydrogen) atoms. The van der Waals surface area contributed by atoms with Crippen LogP contribution in [-0.4, -0.2) is 29.1 Å². The van der Waals surface area contributed by atoms with Crippen molar-refractivity contribution in [2.24, 2.45) is 5.92 Å². The number of carbonyl (C=O) groups excluding carboxylic acids is 1. The van der Waals surface area contributed by atoms with Crippen LogP contribution in [0, 0.1) is 5.92 Å². The number of imidazole rings is 1. The third kappa shape index (κ3) is 4.25. The molecule has 3 rings (SSSR count). The van der Waals surface area contributed by atoms with Crippen molar-refractivity contribution in [3.63, 3.8) is 0 Å². The SMILES string of the molecule is CNCC(C)C(=O)NCc1ccc(Cn2cnc3ccccc32)cc1. The summed E-state index contributed by atoms with van der Waals surface area (Å²) in [6, 6.07) is 16.5. The van der Waals surface area contributed by atoms with Gasteiger partial charge in [0.25, 0.3) is 0 Å². The highest BCUT2D eigenvalue weighted by Gasteiger charge is 2.11. The summed E-state index contributed by atoms with van der Waals surface area (Å²) in [6.07, 6.45) is 1.88. The second kappa shape index (κ2) is 7.94. The molecule has 2 N–H and O–H groups in total. The zero-order chi connectivity index (χ0) is 17.6. The highest BCUT2D eigenvalue weighted by atomic mass is 16.1. The van der Waals surface area contributed by atoms with E-state index in [2.05, 4.69) is 50.5 Å². The van der Waals surface area contributed by atoms with Crippen molar-refractivity contribution in [2.75, 3.05) is 13.6 Å². The van der Waals surface area contributed by atoms with Crippen LogP contribution >= 0.6 is 0 Å². The molecule has 130 valence electrons. The molecule has 0 aliphatic heterocycles. The van der Waals surface area contributed by atoms with Gasteiger partial charge in [0.1, 0.15) is 0 Å². The van der Waals surface area contributed by atoms with Crippen molar-refractivity contribution in [2.45, 2.75) is 20.0 Å². The lowest BCUT2D eigenvalue weighted by molar-refractivity contribution is -0.124. The summed E-state index contributed by atoms with van der Waals surface area (Å²) in [7, 11) is 1.85. The fraction of sp³-hybridized carbons (Fsp3) is 0.300. The molecule has 0 spiro atoms. The quantitative estimate of drug-likeness (QED) is 0.697. The van der Waals surface area contributed by atoms with Gasteiger partial charge >= 0.3 is 0 Å². The molecule has 0 bridgehead atoms. The molecule has 1 unspecified atom stereocenters. The summed E-state index contributed by atoms with van der Waals surface area (Å²) in [4.78, 5) is 16.4. The Morgan fingerprint density at radius 3 is 2.60 bits per heavy atom. The van der Waals surface area contributed by atoms with Crippen LogP contribution in [0.4, 0.5) is 0 Å². The van der Waals surface area contributed by atoms with Crippen molar-refractivity contribution in [3.8, 4) is 0 Å². The van der Waals surface area contributed by atoms with Gasteiger partial charge in [0, 0.05) is 25.6 Å². The van der Waals surface area contributed by atoms with Crippen LogP contribution in [-0.2, 0) is 17.9 Å². The molecule has 0 radical (unpaired) electrons. The van der Waals surface area contributed by atoms with E-state index >= 15 is 0 Å². The summed E-state index contributed by atoms with van der Waals surface area (Å²) in [5.41, 5.74) is 4.46. The van der Waals surface area contributed by atoms with Crippen molar-refractivity contribution in [1.29, 1.82) is 0 Å². The molecule has 0 fully saturated rings. The van der Waals surface area contributed by atoms with Gasteiger partial charge in [-0.3, -0.25) is 4.79 Å². The molecular weight excluding hydrogens is 312 g/mol. The summed E-state index contributed by atoms with van der Waals surface area (Å²) >= 11 is 0. The first-order valence-corrected chi connectivity index (χ1v) is 8.57. The monoisotopic (exact) mass is 336 g/mol. The first-order valence-electron chi connectivity index (χ1n) is 8.57. The van der Waals surface area contributed by atoms with Gasteiger partial charge in [-0.15, -0.1) is 0 Å². The van der Waals surface area contributed by atoms with Crippen molar-refractivity contribution >= 4 is 16.9 Å². The Kier molecular flexibility index (Phi) is 5.46. The first-order chi connectivity index (χ1) is 12.2. The molecule has 3 aromatic rings. The molecule has 0 saturated heterocycles. The molecule has 5 heteroatoms. The van der Waals surface area contributed by atoms with Gasteiger partial charge in [0.2, 0.25) is 5.91 Å². The van der Waals surface area contributed by atoms with Crippen molar-refractivity contribution in [3.05, 3.63) is 66.0 Å². The highest BCUT2D eigenvalue weighted by Crippen LogP contribution is 2.14. The zero-order valence-corrected chi connectivity index (χ0v) is 14.7. The Morgan fingerprint density at radius 1 is 1.12 bits per heavy atom. The van der Waals surface area contributed by atoms with Crippen LogP contribution in [0.5, 0.6) is 0 Å². The number of carbonyl (C=O) groups is 1. The largest absolute Gasteiger partial charge is 0.352 e. The second-order valence-electron chi connectivity index (χ2n) is 6.35. The Morgan fingerprint density at radius 2 is 1.84 bits per heavy atom. The fourth-order valence-corrected chi connectivity index (χ4v) is 2.86. The Bertz CT molecular complexity index is 838. The average molecular weight is 336 g/mol. The van der Waals surface area contributed by atoms with E-state index in [-0.39, 0.29) is 11.8 Å². The van der Waals surface area contributed by atoms with Gasteiger partial charge < -0.3 is 15.2 Å². The van der Waals surface area contributed by atoms with Crippen LogP contribution in [0.3, 0.4) is 0 Å². The minimum Gasteiger partial charge on any atom is -0.352 e. The third-order valence-corrected chi connectivity index (χ3v) is 4.33.